The van der Waals surface area contributed by atoms with Crippen molar-refractivity contribution in [2.45, 2.75) is 104 Å². The first-order chi connectivity index (χ1) is 35.8. The molecule has 10 rings (SSSR count). The minimum Gasteiger partial charge on any atom is -0.483 e. The van der Waals surface area contributed by atoms with Crippen molar-refractivity contribution in [3.05, 3.63) is 173 Å². The summed E-state index contributed by atoms with van der Waals surface area (Å²) in [6, 6.07) is 25.7. The fourth-order valence-electron chi connectivity index (χ4n) is 10.4. The molecule has 2 aromatic carbocycles. The van der Waals surface area contributed by atoms with Crippen molar-refractivity contribution in [2.75, 3.05) is 25.4 Å². The molecule has 7 heterocycles. The molecule has 1 atom stereocenters. The molecule has 1 unspecified atom stereocenters. The average Bonchev–Trinajstić information content (AvgIpc) is 3.97. The maximum atomic E-state index is 14.7. The van der Waals surface area contributed by atoms with E-state index in [1.165, 1.54) is 0 Å². The Morgan fingerprint density at radius 2 is 1.26 bits per heavy atom. The molecule has 0 radical (unpaired) electrons. The van der Waals surface area contributed by atoms with E-state index in [1.54, 1.807) is 35.5 Å². The minimum atomic E-state index is -0.352. The number of nitrogens with two attached hydrogens (primary N) is 1. The number of aromatic nitrogens is 6. The lowest BCUT2D eigenvalue weighted by Gasteiger charge is -2.37. The van der Waals surface area contributed by atoms with Gasteiger partial charge in [0.15, 0.2) is 22.9 Å². The Bertz CT molecular complexity index is 3380. The van der Waals surface area contributed by atoms with E-state index in [9.17, 15) is 19.2 Å². The van der Waals surface area contributed by atoms with E-state index in [0.29, 0.717) is 92.6 Å². The van der Waals surface area contributed by atoms with E-state index in [4.69, 9.17) is 43.4 Å². The summed E-state index contributed by atoms with van der Waals surface area (Å²) in [7, 11) is 0. The van der Waals surface area contributed by atoms with E-state index >= 15 is 0 Å². The molecule has 1 aliphatic carbocycles. The Balaban J connectivity index is 0.813. The summed E-state index contributed by atoms with van der Waals surface area (Å²) in [5.41, 5.74) is 12.6. The number of aryl methyl sites for hydroxylation is 4. The number of aliphatic imine (C=N–C) groups is 1. The number of nitrogens with one attached hydrogen (secondary N) is 1. The molecule has 74 heavy (non-hydrogen) atoms. The average molecular weight is 1040 g/mol. The van der Waals surface area contributed by atoms with Crippen LogP contribution in [-0.4, -0.2) is 88.8 Å². The van der Waals surface area contributed by atoms with Crippen LogP contribution >= 0.6 is 23.2 Å². The lowest BCUT2D eigenvalue weighted by Crippen LogP contribution is -2.48. The maximum absolute atomic E-state index is 14.7. The topological polar surface area (TPSA) is 196 Å². The highest BCUT2D eigenvalue weighted by Crippen LogP contribution is 2.50. The predicted octanol–water partition coefficient (Wildman–Crippen LogP) is 8.29. The quantitative estimate of drug-likeness (QED) is 0.0588. The number of benzene rings is 2. The first-order valence-corrected chi connectivity index (χ1v) is 25.9. The standard InChI is InChI=1S/C56H58Cl2N10O6/c1-34(2)65-20-22-67-40(26-46(69)50(48(67)54(65)71)73-31-36-10-6-4-7-11-36)16-14-38-24-44(59)42(52(57)62-38)29-60-33-56(18-19-56)28-35(3)66-21-23-68-41(17-15-39-25-45-43(30-61-64-45)53(58)63-39)27-47(70)51(49(68)55(66)72)74-32-37-12-8-5-9-13-37/h4-13,24-27,29-30,34-35H,14-23,28,31-33H2,1-3H3,(H2,59,62)(H,61,64). The van der Waals surface area contributed by atoms with Crippen LogP contribution in [0.15, 0.2) is 106 Å². The number of amides is 2. The van der Waals surface area contributed by atoms with Gasteiger partial charge in [-0.05, 0) is 94.4 Å². The number of ether oxygens (including phenoxy) is 2. The van der Waals surface area contributed by atoms with Gasteiger partial charge < -0.3 is 34.1 Å². The molecule has 7 aromatic rings. The summed E-state index contributed by atoms with van der Waals surface area (Å²) < 4.78 is 16.1. The van der Waals surface area contributed by atoms with E-state index in [0.717, 1.165) is 46.3 Å². The smallest absolute Gasteiger partial charge is 0.274 e. The first-order valence-electron chi connectivity index (χ1n) is 25.2. The third-order valence-electron chi connectivity index (χ3n) is 14.5. The molecule has 3 N–H and O–H groups in total. The van der Waals surface area contributed by atoms with Gasteiger partial charge in [0.1, 0.15) is 23.5 Å². The fraction of sp³-hybridized carbons (Fsp3) is 0.357. The summed E-state index contributed by atoms with van der Waals surface area (Å²) in [5.74, 6) is -0.390. The predicted molar refractivity (Wildman–Crippen MR) is 286 cm³/mol. The van der Waals surface area contributed by atoms with E-state index in [2.05, 4.69) is 27.1 Å². The second kappa shape index (κ2) is 21.3. The van der Waals surface area contributed by atoms with E-state index in [-0.39, 0.29) is 81.4 Å². The van der Waals surface area contributed by atoms with Gasteiger partial charge in [-0.15, -0.1) is 0 Å². The molecular weight excluding hydrogens is 980 g/mol. The van der Waals surface area contributed by atoms with Gasteiger partial charge in [-0.1, -0.05) is 83.9 Å². The Hall–Kier alpha value is -7.30. The summed E-state index contributed by atoms with van der Waals surface area (Å²) in [4.78, 5) is 73.9. The number of H-pyrrole nitrogens is 1. The summed E-state index contributed by atoms with van der Waals surface area (Å²) in [5, 5.41) is 8.33. The Kier molecular flexibility index (Phi) is 14.4. The molecule has 382 valence electrons. The normalized spacial score (nSPS) is 15.5. The molecule has 0 spiro atoms. The monoisotopic (exact) mass is 1040 g/mol. The number of nitrogens with zero attached hydrogens (tertiary/aromatic N) is 8. The van der Waals surface area contributed by atoms with Crippen LogP contribution in [0.2, 0.25) is 10.3 Å². The number of pyridine rings is 4. The van der Waals surface area contributed by atoms with Gasteiger partial charge in [0.05, 0.1) is 22.7 Å². The van der Waals surface area contributed by atoms with Crippen molar-refractivity contribution in [1.29, 1.82) is 0 Å². The molecule has 16 nitrogen and oxygen atoms in total. The number of halogens is 2. The van der Waals surface area contributed by atoms with Crippen molar-refractivity contribution < 1.29 is 19.1 Å². The van der Waals surface area contributed by atoms with Crippen molar-refractivity contribution in [2.24, 2.45) is 10.4 Å². The Morgan fingerprint density at radius 3 is 1.81 bits per heavy atom. The van der Waals surface area contributed by atoms with Crippen LogP contribution in [0.5, 0.6) is 11.5 Å². The van der Waals surface area contributed by atoms with Crippen LogP contribution in [0.1, 0.15) is 100 Å². The van der Waals surface area contributed by atoms with Crippen molar-refractivity contribution in [3.8, 4) is 11.5 Å². The highest BCUT2D eigenvalue weighted by atomic mass is 35.5. The van der Waals surface area contributed by atoms with Crippen LogP contribution in [0.4, 0.5) is 5.69 Å². The number of hydrogen-bond acceptors (Lipinski definition) is 11. The number of aromatic amines is 1. The van der Waals surface area contributed by atoms with Gasteiger partial charge in [-0.25, -0.2) is 9.97 Å². The SMILES string of the molecule is CC(C)N1CCn2c(CCc3cc(N)c(C=NCC4(CC(C)N5CCn6c(CCc7cc8[nH]ncc8c(Cl)n7)cc(=O)c(OCc7ccccc7)c6C5=O)CC4)c(Cl)n3)cc(=O)c(OCc3ccccc3)c2C1=O. The highest BCUT2D eigenvalue weighted by molar-refractivity contribution is 6.34. The second-order valence-electron chi connectivity index (χ2n) is 20.0. The summed E-state index contributed by atoms with van der Waals surface area (Å²) >= 11 is 13.3. The van der Waals surface area contributed by atoms with Crippen molar-refractivity contribution in [3.63, 3.8) is 0 Å². The van der Waals surface area contributed by atoms with Crippen molar-refractivity contribution in [1.82, 2.24) is 39.1 Å². The molecular formula is C56H58Cl2N10O6. The van der Waals surface area contributed by atoms with Gasteiger partial charge in [-0.3, -0.25) is 29.3 Å². The molecule has 0 bridgehead atoms. The number of fused-ring (bicyclic) bond motifs is 3. The number of hydrogen-bond donors (Lipinski definition) is 2. The molecule has 18 heteroatoms. The number of nitrogen functional groups attached to an aromatic ring is 1. The minimum absolute atomic E-state index is 0.0438. The molecule has 1 fully saturated rings. The Labute approximate surface area is 438 Å². The summed E-state index contributed by atoms with van der Waals surface area (Å²) in [6.45, 7) is 8.73. The first kappa shape index (κ1) is 50.2. The van der Waals surface area contributed by atoms with Crippen LogP contribution < -0.4 is 26.1 Å². The molecule has 5 aromatic heterocycles. The second-order valence-corrected chi connectivity index (χ2v) is 20.7. The molecule has 1 saturated carbocycles. The third-order valence-corrected chi connectivity index (χ3v) is 15.1. The van der Waals surface area contributed by atoms with Gasteiger partial charge >= 0.3 is 0 Å². The molecule has 3 aliphatic rings. The number of rotatable bonds is 19. The maximum Gasteiger partial charge on any atom is 0.274 e. The largest absolute Gasteiger partial charge is 0.483 e. The number of anilines is 1. The number of carbonyl (C=O) groups is 2. The lowest BCUT2D eigenvalue weighted by atomic mass is 9.96. The fourth-order valence-corrected chi connectivity index (χ4v) is 10.9. The van der Waals surface area contributed by atoms with Gasteiger partial charge in [0, 0.05) is 91.6 Å². The lowest BCUT2D eigenvalue weighted by molar-refractivity contribution is 0.0589. The van der Waals surface area contributed by atoms with Crippen LogP contribution in [0.3, 0.4) is 0 Å². The zero-order valence-electron chi connectivity index (χ0n) is 41.7. The van der Waals surface area contributed by atoms with Gasteiger partial charge in [-0.2, -0.15) is 5.10 Å². The zero-order valence-corrected chi connectivity index (χ0v) is 43.2. The van der Waals surface area contributed by atoms with Crippen LogP contribution in [0, 0.1) is 5.41 Å². The molecule has 2 aliphatic heterocycles. The van der Waals surface area contributed by atoms with Crippen LogP contribution in [-0.2, 0) is 52.0 Å². The third kappa shape index (κ3) is 10.6. The number of carbonyl (C=O) groups excluding carboxylic acids is 2. The molecule has 0 saturated heterocycles. The zero-order chi connectivity index (χ0) is 51.7. The van der Waals surface area contributed by atoms with E-state index in [1.807, 2.05) is 94.6 Å². The van der Waals surface area contributed by atoms with Crippen molar-refractivity contribution >= 4 is 57.8 Å². The highest BCUT2D eigenvalue weighted by Gasteiger charge is 2.45. The summed E-state index contributed by atoms with van der Waals surface area (Å²) in [6.07, 6.45) is 7.68. The van der Waals surface area contributed by atoms with Gasteiger partial charge in [0.2, 0.25) is 10.9 Å². The van der Waals surface area contributed by atoms with Crippen LogP contribution in [0.25, 0.3) is 10.9 Å². The molecule has 2 amide bonds. The van der Waals surface area contributed by atoms with E-state index < -0.39 is 0 Å². The Morgan fingerprint density at radius 1 is 0.716 bits per heavy atom. The van der Waals surface area contributed by atoms with Gasteiger partial charge in [0.25, 0.3) is 11.8 Å².